The van der Waals surface area contributed by atoms with E-state index >= 15 is 0 Å². The van der Waals surface area contributed by atoms with E-state index in [1.165, 1.54) is 6.42 Å². The van der Waals surface area contributed by atoms with Crippen molar-refractivity contribution < 1.29 is 24.5 Å². The van der Waals surface area contributed by atoms with Crippen LogP contribution in [0.2, 0.25) is 10.0 Å². The van der Waals surface area contributed by atoms with Crippen molar-refractivity contribution >= 4 is 47.7 Å². The van der Waals surface area contributed by atoms with E-state index in [2.05, 4.69) is 23.2 Å². The highest BCUT2D eigenvalue weighted by molar-refractivity contribution is 6.33. The molecular weight excluding hydrogens is 613 g/mol. The Morgan fingerprint density at radius 1 is 0.953 bits per heavy atom. The summed E-state index contributed by atoms with van der Waals surface area (Å²) < 4.78 is 6.04. The molecule has 0 bridgehead atoms. The van der Waals surface area contributed by atoms with Crippen LogP contribution in [-0.2, 0) is 0 Å². The van der Waals surface area contributed by atoms with Crippen molar-refractivity contribution in [3.05, 3.63) is 69.3 Å². The lowest BCUT2D eigenvalue weighted by Gasteiger charge is -2.23. The van der Waals surface area contributed by atoms with E-state index in [-0.39, 0.29) is 24.4 Å². The minimum atomic E-state index is -1.83. The van der Waals surface area contributed by atoms with Crippen molar-refractivity contribution in [1.29, 1.82) is 0 Å². The fourth-order valence-corrected chi connectivity index (χ4v) is 5.33. The second kappa shape index (κ2) is 17.3. The summed E-state index contributed by atoms with van der Waals surface area (Å²) in [5, 5.41) is 18.3. The smallest absolute Gasteiger partial charge is 0.492 e. The number of nitrogens with zero attached hydrogens (tertiary/aromatic N) is 2. The third-order valence-electron chi connectivity index (χ3n) is 7.15. The summed E-state index contributed by atoms with van der Waals surface area (Å²) in [6.07, 6.45) is 4.61. The number of halogens is 3. The summed E-state index contributed by atoms with van der Waals surface area (Å²) in [6.45, 7) is 5.58. The number of carbonyl (C=O) groups is 2. The van der Waals surface area contributed by atoms with E-state index in [9.17, 15) is 4.79 Å². The van der Waals surface area contributed by atoms with Crippen LogP contribution in [0.15, 0.2) is 42.5 Å². The van der Waals surface area contributed by atoms with E-state index in [0.29, 0.717) is 33.8 Å². The molecule has 0 aliphatic heterocycles. The molecule has 0 saturated heterocycles. The Kier molecular flexibility index (Phi) is 14.5. The monoisotopic (exact) mass is 651 g/mol. The predicted molar refractivity (Wildman–Crippen MR) is 176 cm³/mol. The van der Waals surface area contributed by atoms with Crippen molar-refractivity contribution in [1.82, 2.24) is 15.2 Å². The Morgan fingerprint density at radius 2 is 1.60 bits per heavy atom. The van der Waals surface area contributed by atoms with Crippen LogP contribution in [0, 0.1) is 13.8 Å². The molecule has 4 rings (SSSR count). The van der Waals surface area contributed by atoms with E-state index < -0.39 is 6.16 Å². The Balaban J connectivity index is 0.00000121. The molecule has 11 heteroatoms. The summed E-state index contributed by atoms with van der Waals surface area (Å²) in [6, 6.07) is 13.6. The minimum Gasteiger partial charge on any atom is -0.492 e. The molecule has 1 aromatic heterocycles. The molecule has 0 spiro atoms. The first-order valence-electron chi connectivity index (χ1n) is 14.0. The number of aromatic nitrogens is 1. The van der Waals surface area contributed by atoms with Crippen LogP contribution in [0.3, 0.4) is 0 Å². The van der Waals surface area contributed by atoms with E-state index in [1.54, 1.807) is 6.07 Å². The highest BCUT2D eigenvalue weighted by Gasteiger charge is 2.21. The number of nitrogens with one attached hydrogen (secondary N) is 1. The molecule has 8 nitrogen and oxygen atoms in total. The predicted octanol–water partition coefficient (Wildman–Crippen LogP) is 8.38. The number of amides is 1. The van der Waals surface area contributed by atoms with Gasteiger partial charge in [-0.1, -0.05) is 48.5 Å². The molecule has 43 heavy (non-hydrogen) atoms. The van der Waals surface area contributed by atoms with Gasteiger partial charge in [-0.15, -0.1) is 12.4 Å². The zero-order valence-electron chi connectivity index (χ0n) is 25.0. The maximum absolute atomic E-state index is 13.2. The zero-order chi connectivity index (χ0) is 30.8. The normalized spacial score (nSPS) is 13.0. The first kappa shape index (κ1) is 36.2. The lowest BCUT2D eigenvalue weighted by atomic mass is 9.95. The van der Waals surface area contributed by atoms with Crippen LogP contribution in [0.25, 0.3) is 22.4 Å². The van der Waals surface area contributed by atoms with Crippen molar-refractivity contribution in [2.75, 3.05) is 27.2 Å². The first-order chi connectivity index (χ1) is 20.0. The molecule has 1 aliphatic carbocycles. The topological polar surface area (TPSA) is 112 Å². The van der Waals surface area contributed by atoms with Gasteiger partial charge in [0.05, 0.1) is 17.3 Å². The molecule has 1 heterocycles. The molecule has 2 aromatic carbocycles. The van der Waals surface area contributed by atoms with Crippen molar-refractivity contribution in [2.45, 2.75) is 58.4 Å². The zero-order valence-corrected chi connectivity index (χ0v) is 27.3. The second-order valence-electron chi connectivity index (χ2n) is 10.8. The van der Waals surface area contributed by atoms with Crippen molar-refractivity contribution in [3.63, 3.8) is 0 Å². The number of carbonyl (C=O) groups excluding carboxylic acids is 1. The summed E-state index contributed by atoms with van der Waals surface area (Å²) in [4.78, 5) is 28.8. The van der Waals surface area contributed by atoms with Gasteiger partial charge in [0.15, 0.2) is 0 Å². The van der Waals surface area contributed by atoms with Gasteiger partial charge in [-0.25, -0.2) is 9.78 Å². The van der Waals surface area contributed by atoms with Crippen LogP contribution in [0.1, 0.15) is 60.1 Å². The largest absolute Gasteiger partial charge is 0.503 e. The van der Waals surface area contributed by atoms with Gasteiger partial charge in [-0.05, 0) is 94.7 Å². The van der Waals surface area contributed by atoms with E-state index in [0.717, 1.165) is 66.5 Å². The number of aryl methyl sites for hydroxylation is 2. The summed E-state index contributed by atoms with van der Waals surface area (Å²) in [5.41, 5.74) is 5.85. The number of benzene rings is 2. The SMILES string of the molecule is Cc1cc(Cl)c(-c2ccc(C(=O)NC3CCCCC3)nc2-c2ccc(Cl)c(OCCCN(C)C)c2)cc1C.Cl.O=C(O)O. The van der Waals surface area contributed by atoms with Crippen LogP contribution in [0.4, 0.5) is 4.79 Å². The maximum atomic E-state index is 13.2. The Bertz CT molecular complexity index is 1390. The lowest BCUT2D eigenvalue weighted by Crippen LogP contribution is -2.36. The summed E-state index contributed by atoms with van der Waals surface area (Å²) >= 11 is 13.2. The quantitative estimate of drug-likeness (QED) is 0.199. The first-order valence-corrected chi connectivity index (χ1v) is 14.8. The Hall–Kier alpha value is -3.04. The molecular formula is C32H40Cl3N3O5. The third kappa shape index (κ3) is 10.9. The summed E-state index contributed by atoms with van der Waals surface area (Å²) in [5.74, 6) is 0.448. The molecule has 0 unspecified atom stereocenters. The molecule has 0 atom stereocenters. The average Bonchev–Trinajstić information content (AvgIpc) is 2.94. The molecule has 3 N–H and O–H groups in total. The molecule has 1 amide bonds. The van der Waals surface area contributed by atoms with Crippen LogP contribution in [-0.4, -0.2) is 65.4 Å². The van der Waals surface area contributed by atoms with Gasteiger partial charge >= 0.3 is 6.16 Å². The average molecular weight is 653 g/mol. The number of hydrogen-bond acceptors (Lipinski definition) is 5. The molecule has 0 radical (unpaired) electrons. The number of rotatable bonds is 9. The number of ether oxygens (including phenoxy) is 1. The van der Waals surface area contributed by atoms with Crippen molar-refractivity contribution in [2.24, 2.45) is 0 Å². The van der Waals surface area contributed by atoms with Crippen LogP contribution >= 0.6 is 35.6 Å². The van der Waals surface area contributed by atoms with Crippen LogP contribution in [0.5, 0.6) is 5.75 Å². The molecule has 234 valence electrons. The molecule has 3 aromatic rings. The van der Waals surface area contributed by atoms with Gasteiger partial charge in [-0.3, -0.25) is 4.79 Å². The fourth-order valence-electron chi connectivity index (χ4n) is 4.84. The number of pyridine rings is 1. The molecule has 1 fully saturated rings. The minimum absolute atomic E-state index is 0. The third-order valence-corrected chi connectivity index (χ3v) is 7.78. The van der Waals surface area contributed by atoms with Crippen LogP contribution < -0.4 is 10.1 Å². The Morgan fingerprint density at radius 3 is 2.26 bits per heavy atom. The second-order valence-corrected chi connectivity index (χ2v) is 11.6. The van der Waals surface area contributed by atoms with Gasteiger partial charge in [0.25, 0.3) is 5.91 Å². The van der Waals surface area contributed by atoms with Gasteiger partial charge < -0.3 is 25.2 Å². The number of carboxylic acid groups (broad SMARTS) is 2. The standard InChI is InChI=1S/C31H37Cl2N3O2.CH2O3.ClH/c1-20-17-25(27(33)18-21(20)2)24-12-14-28(31(37)34-23-9-6-5-7-10-23)35-30(24)22-11-13-26(32)29(19-22)38-16-8-15-36(3)4;2-1(3)4;/h11-14,17-19,23H,5-10,15-16H2,1-4H3,(H,34,37);(H2,2,3,4);1H. The highest BCUT2D eigenvalue weighted by Crippen LogP contribution is 2.39. The lowest BCUT2D eigenvalue weighted by molar-refractivity contribution is 0.0922. The van der Waals surface area contributed by atoms with Gasteiger partial charge in [0.2, 0.25) is 0 Å². The fraction of sp³-hybridized carbons (Fsp3) is 0.406. The van der Waals surface area contributed by atoms with E-state index in [4.69, 9.17) is 47.9 Å². The van der Waals surface area contributed by atoms with E-state index in [1.807, 2.05) is 51.4 Å². The maximum Gasteiger partial charge on any atom is 0.503 e. The van der Waals surface area contributed by atoms with Crippen molar-refractivity contribution in [3.8, 4) is 28.1 Å². The molecule has 1 aliphatic rings. The van der Waals surface area contributed by atoms with Gasteiger partial charge in [0.1, 0.15) is 11.4 Å². The molecule has 1 saturated carbocycles. The van der Waals surface area contributed by atoms with Gasteiger partial charge in [0, 0.05) is 34.3 Å². The summed E-state index contributed by atoms with van der Waals surface area (Å²) in [7, 11) is 4.08. The Labute approximate surface area is 269 Å². The number of hydrogen-bond donors (Lipinski definition) is 3. The highest BCUT2D eigenvalue weighted by atomic mass is 35.5. The van der Waals surface area contributed by atoms with Gasteiger partial charge in [-0.2, -0.15) is 0 Å².